The molecule has 0 radical (unpaired) electrons. The fourth-order valence-electron chi connectivity index (χ4n) is 3.26. The van der Waals surface area contributed by atoms with Crippen LogP contribution in [0.15, 0.2) is 60.7 Å². The number of aryl methyl sites for hydroxylation is 1. The van der Waals surface area contributed by atoms with Crippen molar-refractivity contribution in [2.45, 2.75) is 13.1 Å². The smallest absolute Gasteiger partial charge is 0.416 e. The van der Waals surface area contributed by atoms with Gasteiger partial charge in [-0.15, -0.1) is 0 Å². The second-order valence-electron chi connectivity index (χ2n) is 7.34. The predicted molar refractivity (Wildman–Crippen MR) is 120 cm³/mol. The largest absolute Gasteiger partial charge is 0.490 e. The molecule has 35 heavy (non-hydrogen) atoms. The minimum Gasteiger partial charge on any atom is -0.490 e. The molecule has 0 heterocycles. The Kier molecular flexibility index (Phi) is 7.38. The highest BCUT2D eigenvalue weighted by Gasteiger charge is 2.30. The van der Waals surface area contributed by atoms with Crippen molar-refractivity contribution in [1.82, 2.24) is 0 Å². The highest BCUT2D eigenvalue weighted by Crippen LogP contribution is 2.33. The molecule has 182 valence electrons. The molecule has 11 heteroatoms. The number of hydrogen-bond donors (Lipinski definition) is 1. The van der Waals surface area contributed by atoms with E-state index in [9.17, 15) is 32.9 Å². The first-order valence-electron chi connectivity index (χ1n) is 10.1. The molecule has 0 unspecified atom stereocenters. The fraction of sp³-hybridized carbons (Fsp3) is 0.167. The molecule has 0 spiro atoms. The van der Waals surface area contributed by atoms with Crippen LogP contribution in [0.2, 0.25) is 0 Å². The summed E-state index contributed by atoms with van der Waals surface area (Å²) >= 11 is 0. The van der Waals surface area contributed by atoms with Crippen molar-refractivity contribution < 1.29 is 37.2 Å². The number of carbonyl (C=O) groups excluding carboxylic acids is 2. The minimum atomic E-state index is -4.49. The Labute approximate surface area is 197 Å². The van der Waals surface area contributed by atoms with Gasteiger partial charge >= 0.3 is 17.8 Å². The van der Waals surface area contributed by atoms with E-state index in [1.54, 1.807) is 25.1 Å². The molecule has 0 aliphatic heterocycles. The Morgan fingerprint density at radius 3 is 2.31 bits per heavy atom. The van der Waals surface area contributed by atoms with Crippen LogP contribution in [0.1, 0.15) is 21.5 Å². The molecule has 3 aromatic rings. The number of anilines is 1. The lowest BCUT2D eigenvalue weighted by molar-refractivity contribution is -0.385. The second-order valence-corrected chi connectivity index (χ2v) is 7.34. The summed E-state index contributed by atoms with van der Waals surface area (Å²) in [6, 6.07) is 13.0. The van der Waals surface area contributed by atoms with Crippen LogP contribution in [-0.4, -0.2) is 30.5 Å². The van der Waals surface area contributed by atoms with E-state index in [0.29, 0.717) is 16.7 Å². The highest BCUT2D eigenvalue weighted by atomic mass is 19.4. The van der Waals surface area contributed by atoms with Crippen LogP contribution in [0.4, 0.5) is 24.5 Å². The molecule has 0 saturated carbocycles. The van der Waals surface area contributed by atoms with Gasteiger partial charge in [0.15, 0.2) is 12.4 Å². The number of nitrogens with zero attached hydrogens (tertiary/aromatic N) is 1. The summed E-state index contributed by atoms with van der Waals surface area (Å²) in [4.78, 5) is 35.4. The van der Waals surface area contributed by atoms with Gasteiger partial charge in [0.05, 0.1) is 23.2 Å². The van der Waals surface area contributed by atoms with Crippen molar-refractivity contribution in [3.05, 3.63) is 87.5 Å². The maximum Gasteiger partial charge on any atom is 0.416 e. The molecule has 3 rings (SSSR count). The number of methoxy groups -OCH3 is 1. The first-order valence-corrected chi connectivity index (χ1v) is 10.1. The monoisotopic (exact) mass is 488 g/mol. The standard InChI is InChI=1S/C24H19F3N2O6/c1-14-11-20(29(32)33)21(34-2)12-19(14)28-22(30)13-35-23(31)18-6-4-3-5-17(18)15-7-9-16(10-8-15)24(25,26)27/h3-12H,13H2,1-2H3,(H,28,30). The summed E-state index contributed by atoms with van der Waals surface area (Å²) in [5.74, 6) is -1.61. The number of carbonyl (C=O) groups is 2. The van der Waals surface area contributed by atoms with Crippen molar-refractivity contribution in [3.63, 3.8) is 0 Å². The zero-order valence-corrected chi connectivity index (χ0v) is 18.5. The molecule has 3 aromatic carbocycles. The van der Waals surface area contributed by atoms with Crippen LogP contribution >= 0.6 is 0 Å². The van der Waals surface area contributed by atoms with E-state index >= 15 is 0 Å². The van der Waals surface area contributed by atoms with Gasteiger partial charge in [0.2, 0.25) is 0 Å². The Morgan fingerprint density at radius 1 is 1.06 bits per heavy atom. The molecule has 1 amide bonds. The number of nitro benzene ring substituents is 1. The summed E-state index contributed by atoms with van der Waals surface area (Å²) in [6.07, 6.45) is -4.49. The van der Waals surface area contributed by atoms with Gasteiger partial charge in [-0.25, -0.2) is 4.79 Å². The Morgan fingerprint density at radius 2 is 1.71 bits per heavy atom. The maximum atomic E-state index is 12.8. The number of nitrogens with one attached hydrogen (secondary N) is 1. The van der Waals surface area contributed by atoms with Crippen LogP contribution in [0, 0.1) is 17.0 Å². The third-order valence-electron chi connectivity index (χ3n) is 5.00. The second kappa shape index (κ2) is 10.2. The Hall–Kier alpha value is -4.41. The normalized spacial score (nSPS) is 11.0. The zero-order chi connectivity index (χ0) is 25.8. The van der Waals surface area contributed by atoms with E-state index in [1.165, 1.54) is 37.4 Å². The lowest BCUT2D eigenvalue weighted by Gasteiger charge is -2.13. The number of alkyl halides is 3. The number of hydrogen-bond acceptors (Lipinski definition) is 6. The topological polar surface area (TPSA) is 108 Å². The van der Waals surface area contributed by atoms with Crippen LogP contribution < -0.4 is 10.1 Å². The summed E-state index contributed by atoms with van der Waals surface area (Å²) in [6.45, 7) is 0.882. The fourth-order valence-corrected chi connectivity index (χ4v) is 3.26. The average Bonchev–Trinajstić information content (AvgIpc) is 2.83. The molecular formula is C24H19F3N2O6. The van der Waals surface area contributed by atoms with E-state index in [1.807, 2.05) is 0 Å². The van der Waals surface area contributed by atoms with E-state index in [4.69, 9.17) is 9.47 Å². The van der Waals surface area contributed by atoms with Crippen LogP contribution in [0.25, 0.3) is 11.1 Å². The maximum absolute atomic E-state index is 12.8. The van der Waals surface area contributed by atoms with Crippen LogP contribution in [0.5, 0.6) is 5.75 Å². The third kappa shape index (κ3) is 5.94. The highest BCUT2D eigenvalue weighted by molar-refractivity contribution is 5.99. The number of nitro groups is 1. The number of halogens is 3. The third-order valence-corrected chi connectivity index (χ3v) is 5.00. The number of benzene rings is 3. The average molecular weight is 488 g/mol. The number of rotatable bonds is 7. The lowest BCUT2D eigenvalue weighted by atomic mass is 9.98. The molecule has 0 atom stereocenters. The van der Waals surface area contributed by atoms with Gasteiger partial charge in [-0.3, -0.25) is 14.9 Å². The summed E-state index contributed by atoms with van der Waals surface area (Å²) < 4.78 is 48.6. The van der Waals surface area contributed by atoms with E-state index in [2.05, 4.69) is 5.32 Å². The van der Waals surface area contributed by atoms with Gasteiger partial charge in [-0.2, -0.15) is 13.2 Å². The van der Waals surface area contributed by atoms with Crippen molar-refractivity contribution in [3.8, 4) is 16.9 Å². The van der Waals surface area contributed by atoms with Gasteiger partial charge in [0.1, 0.15) is 0 Å². The van der Waals surface area contributed by atoms with Crippen molar-refractivity contribution in [2.75, 3.05) is 19.0 Å². The predicted octanol–water partition coefficient (Wildman–Crippen LogP) is 5.39. The van der Waals surface area contributed by atoms with E-state index < -0.39 is 35.1 Å². The van der Waals surface area contributed by atoms with Crippen molar-refractivity contribution in [1.29, 1.82) is 0 Å². The molecule has 0 bridgehead atoms. The van der Waals surface area contributed by atoms with Gasteiger partial charge in [0.25, 0.3) is 5.91 Å². The zero-order valence-electron chi connectivity index (χ0n) is 18.5. The molecule has 1 N–H and O–H groups in total. The Bertz CT molecular complexity index is 1270. The molecule has 0 aliphatic rings. The first kappa shape index (κ1) is 25.2. The first-order chi connectivity index (χ1) is 16.5. The van der Waals surface area contributed by atoms with Crippen LogP contribution in [0.3, 0.4) is 0 Å². The SMILES string of the molecule is COc1cc(NC(=O)COC(=O)c2ccccc2-c2ccc(C(F)(F)F)cc2)c(C)cc1[N+](=O)[O-]. The quantitative estimate of drug-likeness (QED) is 0.271. The minimum absolute atomic E-state index is 0.0571. The van der Waals surface area contributed by atoms with E-state index in [-0.39, 0.29) is 22.7 Å². The van der Waals surface area contributed by atoms with Crippen molar-refractivity contribution in [2.24, 2.45) is 0 Å². The molecule has 0 saturated heterocycles. The van der Waals surface area contributed by atoms with Gasteiger partial charge in [-0.1, -0.05) is 30.3 Å². The molecule has 0 aliphatic carbocycles. The number of ether oxygens (including phenoxy) is 2. The van der Waals surface area contributed by atoms with Gasteiger partial charge < -0.3 is 14.8 Å². The molecule has 8 nitrogen and oxygen atoms in total. The summed E-state index contributed by atoms with van der Waals surface area (Å²) in [5.41, 5.74) is 0.299. The lowest BCUT2D eigenvalue weighted by Crippen LogP contribution is -2.21. The molecular weight excluding hydrogens is 469 g/mol. The molecule has 0 fully saturated rings. The van der Waals surface area contributed by atoms with Crippen LogP contribution in [-0.2, 0) is 15.7 Å². The summed E-state index contributed by atoms with van der Waals surface area (Å²) in [7, 11) is 1.25. The number of esters is 1. The Balaban J connectivity index is 1.72. The van der Waals surface area contributed by atoms with Gasteiger partial charge in [0, 0.05) is 17.8 Å². The van der Waals surface area contributed by atoms with E-state index in [0.717, 1.165) is 12.1 Å². The van der Waals surface area contributed by atoms with Gasteiger partial charge in [-0.05, 0) is 41.8 Å². The summed E-state index contributed by atoms with van der Waals surface area (Å²) in [5, 5.41) is 13.6. The molecule has 0 aromatic heterocycles. The van der Waals surface area contributed by atoms with Crippen molar-refractivity contribution >= 4 is 23.3 Å². The number of amides is 1.